The molecule has 0 saturated carbocycles. The molecule has 0 heterocycles. The molecule has 0 spiro atoms. The predicted molar refractivity (Wildman–Crippen MR) is 106 cm³/mol. The van der Waals surface area contributed by atoms with Crippen molar-refractivity contribution in [2.24, 2.45) is 0 Å². The lowest BCUT2D eigenvalue weighted by Gasteiger charge is -2.19. The fourth-order valence-electron chi connectivity index (χ4n) is 2.43. The van der Waals surface area contributed by atoms with Gasteiger partial charge in [-0.25, -0.2) is 4.79 Å². The largest absolute Gasteiger partial charge is 0.464 e. The van der Waals surface area contributed by atoms with Crippen molar-refractivity contribution in [3.63, 3.8) is 0 Å². The highest BCUT2D eigenvalue weighted by Crippen LogP contribution is 2.22. The number of benzene rings is 2. The third kappa shape index (κ3) is 5.26. The highest BCUT2D eigenvalue weighted by atomic mass is 16.6. The van der Waals surface area contributed by atoms with Gasteiger partial charge < -0.3 is 10.1 Å². The second-order valence-electron chi connectivity index (χ2n) is 7.18. The second kappa shape index (κ2) is 8.47. The summed E-state index contributed by atoms with van der Waals surface area (Å²) >= 11 is 0. The number of nitro groups is 1. The number of methoxy groups -OCH3 is 1. The maximum atomic E-state index is 12.5. The quantitative estimate of drug-likeness (QED) is 0.367. The Morgan fingerprint density at radius 1 is 1.04 bits per heavy atom. The van der Waals surface area contributed by atoms with Crippen LogP contribution in [0.2, 0.25) is 0 Å². The minimum absolute atomic E-state index is 0.0397. The fourth-order valence-corrected chi connectivity index (χ4v) is 2.43. The molecule has 1 N–H and O–H groups in total. The highest BCUT2D eigenvalue weighted by Gasteiger charge is 2.17. The van der Waals surface area contributed by atoms with Crippen LogP contribution in [0.1, 0.15) is 42.3 Å². The van der Waals surface area contributed by atoms with Gasteiger partial charge in [0.1, 0.15) is 5.70 Å². The van der Waals surface area contributed by atoms with E-state index in [4.69, 9.17) is 4.74 Å². The normalized spacial score (nSPS) is 11.6. The summed E-state index contributed by atoms with van der Waals surface area (Å²) in [6.45, 7) is 6.22. The number of nitrogens with one attached hydrogen (secondary N) is 1. The van der Waals surface area contributed by atoms with Gasteiger partial charge >= 0.3 is 5.97 Å². The van der Waals surface area contributed by atoms with Crippen LogP contribution in [0.5, 0.6) is 0 Å². The molecular formula is C21H22N2O5. The Hall–Kier alpha value is -3.48. The molecule has 0 atom stereocenters. The second-order valence-corrected chi connectivity index (χ2v) is 7.18. The number of ether oxygens (including phenoxy) is 1. The van der Waals surface area contributed by atoms with E-state index in [1.165, 1.54) is 37.5 Å². The third-order valence-corrected chi connectivity index (χ3v) is 4.08. The van der Waals surface area contributed by atoms with Gasteiger partial charge in [-0.05, 0) is 46.9 Å². The minimum Gasteiger partial charge on any atom is -0.464 e. The van der Waals surface area contributed by atoms with E-state index in [9.17, 15) is 19.7 Å². The molecule has 146 valence electrons. The molecule has 0 bridgehead atoms. The van der Waals surface area contributed by atoms with Gasteiger partial charge in [0.15, 0.2) is 0 Å². The molecule has 0 radical (unpaired) electrons. The van der Waals surface area contributed by atoms with Crippen LogP contribution in [0.15, 0.2) is 54.2 Å². The van der Waals surface area contributed by atoms with Crippen molar-refractivity contribution in [1.29, 1.82) is 0 Å². The van der Waals surface area contributed by atoms with E-state index < -0.39 is 16.8 Å². The first-order valence-electron chi connectivity index (χ1n) is 8.58. The summed E-state index contributed by atoms with van der Waals surface area (Å²) in [5.41, 5.74) is 1.81. The van der Waals surface area contributed by atoms with Gasteiger partial charge in [-0.3, -0.25) is 14.9 Å². The van der Waals surface area contributed by atoms with Crippen LogP contribution in [0, 0.1) is 10.1 Å². The van der Waals surface area contributed by atoms with Crippen molar-refractivity contribution in [3.05, 3.63) is 81.0 Å². The number of hydrogen-bond donors (Lipinski definition) is 1. The van der Waals surface area contributed by atoms with Crippen molar-refractivity contribution in [3.8, 4) is 0 Å². The summed E-state index contributed by atoms with van der Waals surface area (Å²) in [5, 5.41) is 13.3. The summed E-state index contributed by atoms with van der Waals surface area (Å²) in [6.07, 6.45) is 1.40. The van der Waals surface area contributed by atoms with Crippen molar-refractivity contribution < 1.29 is 19.2 Å². The smallest absolute Gasteiger partial charge is 0.354 e. The lowest BCUT2D eigenvalue weighted by Crippen LogP contribution is -2.28. The molecule has 0 unspecified atom stereocenters. The first-order chi connectivity index (χ1) is 13.1. The zero-order valence-electron chi connectivity index (χ0n) is 16.2. The number of hydrogen-bond acceptors (Lipinski definition) is 5. The first-order valence-corrected chi connectivity index (χ1v) is 8.58. The molecule has 0 aromatic heterocycles. The fraction of sp³-hybridized carbons (Fsp3) is 0.238. The van der Waals surface area contributed by atoms with Crippen LogP contribution in [0.25, 0.3) is 6.08 Å². The van der Waals surface area contributed by atoms with E-state index in [1.807, 2.05) is 12.1 Å². The zero-order valence-corrected chi connectivity index (χ0v) is 16.2. The number of carbonyl (C=O) groups is 2. The maximum absolute atomic E-state index is 12.5. The van der Waals surface area contributed by atoms with Gasteiger partial charge in [0, 0.05) is 17.7 Å². The maximum Gasteiger partial charge on any atom is 0.354 e. The van der Waals surface area contributed by atoms with Gasteiger partial charge in [0.25, 0.3) is 11.6 Å². The zero-order chi connectivity index (χ0) is 20.9. The van der Waals surface area contributed by atoms with E-state index in [0.29, 0.717) is 11.1 Å². The number of esters is 1. The lowest BCUT2D eigenvalue weighted by molar-refractivity contribution is -0.384. The molecule has 2 aromatic carbocycles. The first kappa shape index (κ1) is 20.8. The monoisotopic (exact) mass is 382 g/mol. The predicted octanol–water partition coefficient (Wildman–Crippen LogP) is 3.84. The third-order valence-electron chi connectivity index (χ3n) is 4.08. The van der Waals surface area contributed by atoms with Crippen LogP contribution in [0.3, 0.4) is 0 Å². The molecule has 7 nitrogen and oxygen atoms in total. The van der Waals surface area contributed by atoms with Crippen molar-refractivity contribution in [2.75, 3.05) is 7.11 Å². The van der Waals surface area contributed by atoms with Crippen LogP contribution in [-0.4, -0.2) is 23.9 Å². The topological polar surface area (TPSA) is 98.5 Å². The van der Waals surface area contributed by atoms with Gasteiger partial charge in [0.2, 0.25) is 0 Å². The number of nitro benzene ring substituents is 1. The molecule has 28 heavy (non-hydrogen) atoms. The standard InChI is InChI=1S/C21H22N2O5/c1-21(2,3)16-9-7-15(8-10-16)19(24)22-18(20(25)28-4)13-14-5-11-17(12-6-14)23(26)27/h5-13H,1-4H3,(H,22,24)/b18-13-. The lowest BCUT2D eigenvalue weighted by atomic mass is 9.87. The summed E-state index contributed by atoms with van der Waals surface area (Å²) < 4.78 is 4.72. The van der Waals surface area contributed by atoms with Crippen LogP contribution in [0.4, 0.5) is 5.69 Å². The Bertz CT molecular complexity index is 907. The van der Waals surface area contributed by atoms with Gasteiger partial charge in [-0.15, -0.1) is 0 Å². The van der Waals surface area contributed by atoms with E-state index in [1.54, 1.807) is 12.1 Å². The number of rotatable bonds is 5. The van der Waals surface area contributed by atoms with E-state index >= 15 is 0 Å². The van der Waals surface area contributed by atoms with Gasteiger partial charge in [-0.1, -0.05) is 32.9 Å². The average molecular weight is 382 g/mol. The van der Waals surface area contributed by atoms with Crippen LogP contribution in [-0.2, 0) is 14.9 Å². The van der Waals surface area contributed by atoms with E-state index in [-0.39, 0.29) is 16.8 Å². The van der Waals surface area contributed by atoms with E-state index in [0.717, 1.165) is 5.56 Å². The van der Waals surface area contributed by atoms with Crippen LogP contribution >= 0.6 is 0 Å². The Balaban J connectivity index is 2.25. The molecule has 2 rings (SSSR count). The molecule has 2 aromatic rings. The molecule has 0 saturated heterocycles. The molecule has 0 aliphatic carbocycles. The molecular weight excluding hydrogens is 360 g/mol. The Kier molecular flexibility index (Phi) is 6.30. The molecule has 7 heteroatoms. The van der Waals surface area contributed by atoms with Crippen molar-refractivity contribution in [2.45, 2.75) is 26.2 Å². The Labute approximate surface area is 163 Å². The summed E-state index contributed by atoms with van der Waals surface area (Å²) in [6, 6.07) is 12.7. The highest BCUT2D eigenvalue weighted by molar-refractivity contribution is 6.03. The number of non-ortho nitro benzene ring substituents is 1. The number of amides is 1. The van der Waals surface area contributed by atoms with Gasteiger partial charge in [-0.2, -0.15) is 0 Å². The average Bonchev–Trinajstić information content (AvgIpc) is 2.66. The molecule has 0 aliphatic rings. The number of carbonyl (C=O) groups excluding carboxylic acids is 2. The SMILES string of the molecule is COC(=O)/C(=C/c1ccc([N+](=O)[O-])cc1)NC(=O)c1ccc(C(C)(C)C)cc1. The summed E-state index contributed by atoms with van der Waals surface area (Å²) in [5.74, 6) is -1.18. The Morgan fingerprint density at radius 3 is 2.07 bits per heavy atom. The molecule has 0 aliphatic heterocycles. The molecule has 0 fully saturated rings. The summed E-state index contributed by atoms with van der Waals surface area (Å²) in [7, 11) is 1.20. The van der Waals surface area contributed by atoms with Crippen molar-refractivity contribution >= 4 is 23.6 Å². The van der Waals surface area contributed by atoms with Crippen LogP contribution < -0.4 is 5.32 Å². The Morgan fingerprint density at radius 2 is 1.61 bits per heavy atom. The molecule has 1 amide bonds. The van der Waals surface area contributed by atoms with E-state index in [2.05, 4.69) is 26.1 Å². The van der Waals surface area contributed by atoms with Crippen molar-refractivity contribution in [1.82, 2.24) is 5.32 Å². The minimum atomic E-state index is -0.724. The summed E-state index contributed by atoms with van der Waals surface area (Å²) in [4.78, 5) is 34.8. The number of nitrogens with zero attached hydrogens (tertiary/aromatic N) is 1. The van der Waals surface area contributed by atoms with Gasteiger partial charge in [0.05, 0.1) is 12.0 Å².